The molecule has 1 N–H and O–H groups in total. The third-order valence-electron chi connectivity index (χ3n) is 4.00. The van der Waals surface area contributed by atoms with Crippen LogP contribution < -0.4 is 5.32 Å². The summed E-state index contributed by atoms with van der Waals surface area (Å²) in [4.78, 5) is 2.57. The number of ether oxygens (including phenoxy) is 1. The van der Waals surface area contributed by atoms with Crippen LogP contribution in [-0.4, -0.2) is 50.3 Å². The van der Waals surface area contributed by atoms with Gasteiger partial charge in [0.15, 0.2) is 0 Å². The highest BCUT2D eigenvalue weighted by molar-refractivity contribution is 5.00. The maximum absolute atomic E-state index is 5.70. The van der Waals surface area contributed by atoms with E-state index in [9.17, 15) is 0 Å². The van der Waals surface area contributed by atoms with Gasteiger partial charge in [-0.25, -0.2) is 0 Å². The Morgan fingerprint density at radius 1 is 1.36 bits per heavy atom. The predicted molar refractivity (Wildman–Crippen MR) is 55.3 cm³/mol. The lowest BCUT2D eigenvalue weighted by Gasteiger charge is -2.56. The topological polar surface area (TPSA) is 24.5 Å². The smallest absolute Gasteiger partial charge is 0.0826 e. The van der Waals surface area contributed by atoms with Crippen LogP contribution >= 0.6 is 0 Å². The number of nitrogens with one attached hydrogen (secondary N) is 1. The third kappa shape index (κ3) is 1.58. The van der Waals surface area contributed by atoms with Gasteiger partial charge in [-0.15, -0.1) is 0 Å². The lowest BCUT2D eigenvalue weighted by atomic mass is 9.63. The molecule has 0 amide bonds. The summed E-state index contributed by atoms with van der Waals surface area (Å²) in [5.74, 6) is 0. The molecule has 3 fully saturated rings. The molecule has 2 saturated heterocycles. The molecule has 0 aromatic heterocycles. The maximum Gasteiger partial charge on any atom is 0.0826 e. The van der Waals surface area contributed by atoms with Crippen LogP contribution in [0.4, 0.5) is 0 Å². The van der Waals surface area contributed by atoms with E-state index in [-0.39, 0.29) is 0 Å². The summed E-state index contributed by atoms with van der Waals surface area (Å²) in [6.45, 7) is 6.79. The highest BCUT2D eigenvalue weighted by Gasteiger charge is 2.47. The minimum absolute atomic E-state index is 0.446. The van der Waals surface area contributed by atoms with Gasteiger partial charge in [-0.3, -0.25) is 4.90 Å². The lowest BCUT2D eigenvalue weighted by molar-refractivity contribution is -0.0900. The molecule has 0 aromatic rings. The van der Waals surface area contributed by atoms with Gasteiger partial charge in [0.2, 0.25) is 0 Å². The largest absolute Gasteiger partial charge is 0.374 e. The van der Waals surface area contributed by atoms with E-state index in [1.165, 1.54) is 32.4 Å². The zero-order valence-electron chi connectivity index (χ0n) is 8.80. The lowest BCUT2D eigenvalue weighted by Crippen LogP contribution is -2.62. The monoisotopic (exact) mass is 196 g/mol. The second-order valence-electron chi connectivity index (χ2n) is 5.22. The van der Waals surface area contributed by atoms with E-state index in [1.807, 2.05) is 0 Å². The van der Waals surface area contributed by atoms with Crippen LogP contribution in [0.5, 0.6) is 0 Å². The number of likely N-dealkylation sites (tertiary alicyclic amines) is 1. The Hall–Kier alpha value is -0.120. The average Bonchev–Trinajstić information content (AvgIpc) is 2.09. The van der Waals surface area contributed by atoms with Crippen molar-refractivity contribution in [2.24, 2.45) is 5.41 Å². The summed E-state index contributed by atoms with van der Waals surface area (Å²) in [6.07, 6.45) is 4.87. The Kier molecular flexibility index (Phi) is 2.26. The van der Waals surface area contributed by atoms with Gasteiger partial charge in [-0.1, -0.05) is 6.42 Å². The number of morpholine rings is 1. The zero-order valence-corrected chi connectivity index (χ0v) is 8.80. The van der Waals surface area contributed by atoms with Crippen LogP contribution in [0.25, 0.3) is 0 Å². The second kappa shape index (κ2) is 3.47. The molecule has 80 valence electrons. The van der Waals surface area contributed by atoms with Crippen molar-refractivity contribution in [2.45, 2.75) is 25.4 Å². The zero-order chi connectivity index (χ0) is 9.43. The molecule has 0 radical (unpaired) electrons. The molecule has 2 heterocycles. The van der Waals surface area contributed by atoms with Gasteiger partial charge in [-0.05, 0) is 18.3 Å². The van der Waals surface area contributed by atoms with Crippen LogP contribution in [0.15, 0.2) is 0 Å². The molecule has 14 heavy (non-hydrogen) atoms. The summed E-state index contributed by atoms with van der Waals surface area (Å²) in [7, 11) is 0. The van der Waals surface area contributed by atoms with Crippen molar-refractivity contribution in [1.29, 1.82) is 0 Å². The minimum atomic E-state index is 0.446. The fraction of sp³-hybridized carbons (Fsp3) is 1.00. The number of rotatable bonds is 2. The maximum atomic E-state index is 5.70. The summed E-state index contributed by atoms with van der Waals surface area (Å²) in [6, 6.07) is 0. The van der Waals surface area contributed by atoms with E-state index in [0.717, 1.165) is 31.7 Å². The standard InChI is InChI=1S/C11H20N2O/c1-2-11(3-1)8-13(9-11)7-10-6-12-4-5-14-10/h10,12H,1-9H2. The third-order valence-corrected chi connectivity index (χ3v) is 4.00. The van der Waals surface area contributed by atoms with Gasteiger partial charge in [0.1, 0.15) is 0 Å². The highest BCUT2D eigenvalue weighted by Crippen LogP contribution is 2.47. The van der Waals surface area contributed by atoms with E-state index < -0.39 is 0 Å². The molecule has 1 spiro atoms. The molecular formula is C11H20N2O. The van der Waals surface area contributed by atoms with Crippen LogP contribution in [0, 0.1) is 5.41 Å². The molecule has 3 rings (SSSR count). The predicted octanol–water partition coefficient (Wildman–Crippen LogP) is 0.461. The number of nitrogens with zero attached hydrogens (tertiary/aromatic N) is 1. The summed E-state index contributed by atoms with van der Waals surface area (Å²) in [5.41, 5.74) is 0.766. The molecule has 1 atom stereocenters. The van der Waals surface area contributed by atoms with E-state index >= 15 is 0 Å². The van der Waals surface area contributed by atoms with Crippen molar-refractivity contribution in [3.8, 4) is 0 Å². The van der Waals surface area contributed by atoms with E-state index in [4.69, 9.17) is 4.74 Å². The van der Waals surface area contributed by atoms with Gasteiger partial charge >= 0.3 is 0 Å². The first kappa shape index (κ1) is 9.13. The normalized spacial score (nSPS) is 36.4. The molecule has 0 bridgehead atoms. The van der Waals surface area contributed by atoms with Crippen molar-refractivity contribution in [2.75, 3.05) is 39.3 Å². The Morgan fingerprint density at radius 2 is 2.21 bits per heavy atom. The summed E-state index contributed by atoms with van der Waals surface area (Å²) >= 11 is 0. The molecule has 1 unspecified atom stereocenters. The van der Waals surface area contributed by atoms with Gasteiger partial charge in [0.05, 0.1) is 12.7 Å². The first-order valence-corrected chi connectivity index (χ1v) is 5.91. The quantitative estimate of drug-likeness (QED) is 0.694. The molecule has 1 aliphatic carbocycles. The van der Waals surface area contributed by atoms with Crippen molar-refractivity contribution in [3.63, 3.8) is 0 Å². The molecule has 2 aliphatic heterocycles. The van der Waals surface area contributed by atoms with Gasteiger partial charge in [-0.2, -0.15) is 0 Å². The summed E-state index contributed by atoms with van der Waals surface area (Å²) in [5, 5.41) is 3.39. The fourth-order valence-electron chi connectivity index (χ4n) is 3.05. The van der Waals surface area contributed by atoms with Crippen molar-refractivity contribution >= 4 is 0 Å². The molecule has 3 heteroatoms. The first-order valence-electron chi connectivity index (χ1n) is 5.91. The van der Waals surface area contributed by atoms with Crippen LogP contribution in [-0.2, 0) is 4.74 Å². The Labute approximate surface area is 85.8 Å². The van der Waals surface area contributed by atoms with Crippen molar-refractivity contribution < 1.29 is 4.74 Å². The molecule has 0 aromatic carbocycles. The second-order valence-corrected chi connectivity index (χ2v) is 5.22. The van der Waals surface area contributed by atoms with Crippen LogP contribution in [0.2, 0.25) is 0 Å². The van der Waals surface area contributed by atoms with Gasteiger partial charge in [0, 0.05) is 32.7 Å². The number of hydrogen-bond donors (Lipinski definition) is 1. The summed E-state index contributed by atoms with van der Waals surface area (Å²) < 4.78 is 5.70. The Balaban J connectivity index is 1.41. The highest BCUT2D eigenvalue weighted by atomic mass is 16.5. The van der Waals surface area contributed by atoms with E-state index in [2.05, 4.69) is 10.2 Å². The fourth-order valence-corrected chi connectivity index (χ4v) is 3.05. The van der Waals surface area contributed by atoms with Crippen LogP contribution in [0.3, 0.4) is 0 Å². The first-order chi connectivity index (χ1) is 6.86. The number of hydrogen-bond acceptors (Lipinski definition) is 3. The Morgan fingerprint density at radius 3 is 2.79 bits per heavy atom. The van der Waals surface area contributed by atoms with E-state index in [1.54, 1.807) is 0 Å². The Bertz CT molecular complexity index is 201. The molecule has 1 saturated carbocycles. The SMILES string of the molecule is C1CC2(C1)CN(CC1CNCCO1)C2. The van der Waals surface area contributed by atoms with E-state index in [0.29, 0.717) is 6.10 Å². The van der Waals surface area contributed by atoms with Gasteiger partial charge in [0.25, 0.3) is 0 Å². The van der Waals surface area contributed by atoms with Crippen LogP contribution in [0.1, 0.15) is 19.3 Å². The molecular weight excluding hydrogens is 176 g/mol. The minimum Gasteiger partial charge on any atom is -0.374 e. The van der Waals surface area contributed by atoms with Crippen molar-refractivity contribution in [1.82, 2.24) is 10.2 Å². The molecule has 3 aliphatic rings. The molecule has 3 nitrogen and oxygen atoms in total. The van der Waals surface area contributed by atoms with Gasteiger partial charge < -0.3 is 10.1 Å². The average molecular weight is 196 g/mol. The van der Waals surface area contributed by atoms with Crippen molar-refractivity contribution in [3.05, 3.63) is 0 Å².